The molecule has 0 radical (unpaired) electrons. The minimum Gasteiger partial charge on any atom is -0.379 e. The summed E-state index contributed by atoms with van der Waals surface area (Å²) >= 11 is 0. The summed E-state index contributed by atoms with van der Waals surface area (Å²) in [6.45, 7) is 10.1. The molecule has 7 nitrogen and oxygen atoms in total. The fraction of sp³-hybridized carbons (Fsp3) is 0.500. The van der Waals surface area contributed by atoms with Gasteiger partial charge in [0.05, 0.1) is 24.5 Å². The number of aryl methyl sites for hydroxylation is 2. The van der Waals surface area contributed by atoms with Crippen molar-refractivity contribution in [1.82, 2.24) is 25.0 Å². The van der Waals surface area contributed by atoms with Crippen LogP contribution in [0.3, 0.4) is 0 Å². The zero-order valence-electron chi connectivity index (χ0n) is 15.0. The summed E-state index contributed by atoms with van der Waals surface area (Å²) in [7, 11) is 0. The first-order valence-corrected chi connectivity index (χ1v) is 8.63. The molecule has 1 saturated heterocycles. The summed E-state index contributed by atoms with van der Waals surface area (Å²) in [5.41, 5.74) is 2.51. The van der Waals surface area contributed by atoms with Gasteiger partial charge in [0.15, 0.2) is 5.82 Å². The Morgan fingerprint density at radius 2 is 2.08 bits per heavy atom. The van der Waals surface area contributed by atoms with Crippen LogP contribution in [-0.4, -0.2) is 64.5 Å². The molecule has 0 bridgehead atoms. The van der Waals surface area contributed by atoms with Gasteiger partial charge in [-0.1, -0.05) is 0 Å². The number of pyridine rings is 1. The second kappa shape index (κ2) is 7.76. The number of morpholine rings is 1. The third-order valence-corrected chi connectivity index (χ3v) is 4.25. The topological polar surface area (TPSA) is 72.3 Å². The normalized spacial score (nSPS) is 16.6. The molecule has 134 valence electrons. The van der Waals surface area contributed by atoms with Gasteiger partial charge in [-0.3, -0.25) is 9.69 Å². The van der Waals surface area contributed by atoms with E-state index < -0.39 is 0 Å². The Balaban J connectivity index is 1.59. The fourth-order valence-electron chi connectivity index (χ4n) is 3.03. The predicted molar refractivity (Wildman–Crippen MR) is 95.0 cm³/mol. The number of amides is 1. The first kappa shape index (κ1) is 17.6. The number of hydrogen-bond acceptors (Lipinski definition) is 5. The van der Waals surface area contributed by atoms with Crippen molar-refractivity contribution >= 4 is 5.91 Å². The molecule has 0 saturated carbocycles. The van der Waals surface area contributed by atoms with E-state index in [0.29, 0.717) is 11.4 Å². The van der Waals surface area contributed by atoms with Crippen LogP contribution in [0, 0.1) is 13.8 Å². The molecule has 0 aromatic carbocycles. The molecule has 0 unspecified atom stereocenters. The summed E-state index contributed by atoms with van der Waals surface area (Å²) in [4.78, 5) is 19.1. The van der Waals surface area contributed by atoms with Crippen LogP contribution in [0.5, 0.6) is 0 Å². The molecule has 1 amide bonds. The maximum atomic E-state index is 12.4. The van der Waals surface area contributed by atoms with Crippen molar-refractivity contribution in [3.05, 3.63) is 41.3 Å². The summed E-state index contributed by atoms with van der Waals surface area (Å²) in [6, 6.07) is 5.67. The second-order valence-corrected chi connectivity index (χ2v) is 6.53. The molecule has 1 atom stereocenters. The molecular formula is C18H25N5O2. The van der Waals surface area contributed by atoms with E-state index in [1.807, 2.05) is 32.9 Å². The summed E-state index contributed by atoms with van der Waals surface area (Å²) in [6.07, 6.45) is 1.60. The molecule has 2 aromatic heterocycles. The Bertz CT molecular complexity index is 720. The Kier molecular flexibility index (Phi) is 5.45. The molecule has 25 heavy (non-hydrogen) atoms. The molecule has 1 aliphatic rings. The van der Waals surface area contributed by atoms with Crippen LogP contribution in [0.4, 0.5) is 0 Å². The Morgan fingerprint density at radius 1 is 1.32 bits per heavy atom. The Labute approximate surface area is 148 Å². The monoisotopic (exact) mass is 343 g/mol. The van der Waals surface area contributed by atoms with E-state index in [9.17, 15) is 4.79 Å². The average molecular weight is 343 g/mol. The first-order valence-electron chi connectivity index (χ1n) is 8.63. The number of aromatic nitrogens is 3. The lowest BCUT2D eigenvalue weighted by atomic mass is 10.2. The van der Waals surface area contributed by atoms with Crippen LogP contribution in [0.25, 0.3) is 5.82 Å². The SMILES string of the molecule is Cc1cc(C)n(-c2ccc(C(=O)N[C@@H](C)CN3CCOCC3)cn2)n1. The largest absolute Gasteiger partial charge is 0.379 e. The fourth-order valence-corrected chi connectivity index (χ4v) is 3.03. The van der Waals surface area contributed by atoms with Gasteiger partial charge >= 0.3 is 0 Å². The molecule has 1 aliphatic heterocycles. The van der Waals surface area contributed by atoms with E-state index in [-0.39, 0.29) is 11.9 Å². The van der Waals surface area contributed by atoms with Gasteiger partial charge in [-0.2, -0.15) is 5.10 Å². The van der Waals surface area contributed by atoms with Crippen LogP contribution < -0.4 is 5.32 Å². The van der Waals surface area contributed by atoms with Crippen molar-refractivity contribution in [3.63, 3.8) is 0 Å². The molecule has 0 aliphatic carbocycles. The lowest BCUT2D eigenvalue weighted by Gasteiger charge is -2.29. The number of ether oxygens (including phenoxy) is 1. The molecule has 3 rings (SSSR count). The highest BCUT2D eigenvalue weighted by Gasteiger charge is 2.16. The molecule has 1 fully saturated rings. The third kappa shape index (κ3) is 4.43. The molecule has 0 spiro atoms. The lowest BCUT2D eigenvalue weighted by molar-refractivity contribution is 0.0342. The van der Waals surface area contributed by atoms with Crippen LogP contribution in [0.1, 0.15) is 28.7 Å². The van der Waals surface area contributed by atoms with Crippen LogP contribution in [0.15, 0.2) is 24.4 Å². The third-order valence-electron chi connectivity index (χ3n) is 4.25. The number of carbonyl (C=O) groups excluding carboxylic acids is 1. The van der Waals surface area contributed by atoms with Gasteiger partial charge in [0.1, 0.15) is 0 Å². The predicted octanol–water partition coefficient (Wildman–Crippen LogP) is 1.33. The van der Waals surface area contributed by atoms with Crippen LogP contribution in [0.2, 0.25) is 0 Å². The Morgan fingerprint density at radius 3 is 2.68 bits per heavy atom. The van der Waals surface area contributed by atoms with Crippen molar-refractivity contribution in [2.75, 3.05) is 32.8 Å². The first-order chi connectivity index (χ1) is 12.0. The van der Waals surface area contributed by atoms with Crippen molar-refractivity contribution < 1.29 is 9.53 Å². The highest BCUT2D eigenvalue weighted by molar-refractivity contribution is 5.94. The molecule has 1 N–H and O–H groups in total. The van der Waals surface area contributed by atoms with E-state index in [4.69, 9.17) is 4.74 Å². The van der Waals surface area contributed by atoms with E-state index in [1.54, 1.807) is 16.9 Å². The number of carbonyl (C=O) groups is 1. The van der Waals surface area contributed by atoms with Crippen molar-refractivity contribution in [1.29, 1.82) is 0 Å². The van der Waals surface area contributed by atoms with Gasteiger partial charge in [-0.05, 0) is 39.0 Å². The standard InChI is InChI=1S/C18H25N5O2/c1-13-10-15(3)23(21-13)17-5-4-16(11-19-17)18(24)20-14(2)12-22-6-8-25-9-7-22/h4-5,10-11,14H,6-9,12H2,1-3H3,(H,20,24)/t14-/m0/s1. The van der Waals surface area contributed by atoms with E-state index in [0.717, 1.165) is 44.2 Å². The van der Waals surface area contributed by atoms with Gasteiger partial charge in [-0.15, -0.1) is 0 Å². The van der Waals surface area contributed by atoms with E-state index in [1.165, 1.54) is 0 Å². The van der Waals surface area contributed by atoms with E-state index in [2.05, 4.69) is 20.3 Å². The number of hydrogen-bond donors (Lipinski definition) is 1. The second-order valence-electron chi connectivity index (χ2n) is 6.53. The number of nitrogens with zero attached hydrogens (tertiary/aromatic N) is 4. The summed E-state index contributed by atoms with van der Waals surface area (Å²) < 4.78 is 7.12. The van der Waals surface area contributed by atoms with Crippen molar-refractivity contribution in [3.8, 4) is 5.82 Å². The van der Waals surface area contributed by atoms with E-state index >= 15 is 0 Å². The minimum absolute atomic E-state index is 0.0706. The van der Waals surface area contributed by atoms with Crippen LogP contribution >= 0.6 is 0 Å². The minimum atomic E-state index is -0.104. The van der Waals surface area contributed by atoms with Crippen molar-refractivity contribution in [2.45, 2.75) is 26.8 Å². The molecule has 2 aromatic rings. The molecule has 3 heterocycles. The number of nitrogens with one attached hydrogen (secondary N) is 1. The van der Waals surface area contributed by atoms with Crippen molar-refractivity contribution in [2.24, 2.45) is 0 Å². The molecular weight excluding hydrogens is 318 g/mol. The highest BCUT2D eigenvalue weighted by Crippen LogP contribution is 2.10. The zero-order chi connectivity index (χ0) is 17.8. The lowest BCUT2D eigenvalue weighted by Crippen LogP contribution is -2.46. The van der Waals surface area contributed by atoms with Gasteiger partial charge < -0.3 is 10.1 Å². The van der Waals surface area contributed by atoms with Gasteiger partial charge in [-0.25, -0.2) is 9.67 Å². The smallest absolute Gasteiger partial charge is 0.253 e. The average Bonchev–Trinajstić information content (AvgIpc) is 2.94. The maximum absolute atomic E-state index is 12.4. The quantitative estimate of drug-likeness (QED) is 0.887. The Hall–Kier alpha value is -2.25. The summed E-state index contributed by atoms with van der Waals surface area (Å²) in [5.74, 6) is 0.608. The summed E-state index contributed by atoms with van der Waals surface area (Å²) in [5, 5.41) is 7.44. The maximum Gasteiger partial charge on any atom is 0.253 e. The van der Waals surface area contributed by atoms with Gasteiger partial charge in [0.25, 0.3) is 5.91 Å². The van der Waals surface area contributed by atoms with Gasteiger partial charge in [0.2, 0.25) is 0 Å². The number of rotatable bonds is 5. The van der Waals surface area contributed by atoms with Gasteiger partial charge in [0, 0.05) is 37.6 Å². The zero-order valence-corrected chi connectivity index (χ0v) is 15.0. The molecule has 7 heteroatoms. The highest BCUT2D eigenvalue weighted by atomic mass is 16.5. The van der Waals surface area contributed by atoms with Crippen LogP contribution in [-0.2, 0) is 4.74 Å².